The van der Waals surface area contributed by atoms with Gasteiger partial charge in [-0.05, 0) is 43.2 Å². The summed E-state index contributed by atoms with van der Waals surface area (Å²) in [6.45, 7) is 5.22. The second-order valence-electron chi connectivity index (χ2n) is 6.60. The molecule has 4 nitrogen and oxygen atoms in total. The van der Waals surface area contributed by atoms with E-state index < -0.39 is 0 Å². The Morgan fingerprint density at radius 1 is 1.27 bits per heavy atom. The average molecular weight is 300 g/mol. The Kier molecular flexibility index (Phi) is 4.10. The molecule has 3 rings (SSSR count). The molecule has 1 aliphatic carbocycles. The number of aromatic nitrogens is 2. The van der Waals surface area contributed by atoms with Gasteiger partial charge in [0.05, 0.1) is 12.8 Å². The van der Waals surface area contributed by atoms with Crippen LogP contribution >= 0.6 is 0 Å². The largest absolute Gasteiger partial charge is 0.495 e. The van der Waals surface area contributed by atoms with Crippen LogP contribution in [0.3, 0.4) is 0 Å². The van der Waals surface area contributed by atoms with Crippen LogP contribution in [0, 0.1) is 11.8 Å². The van der Waals surface area contributed by atoms with E-state index in [0.717, 1.165) is 30.1 Å². The zero-order valence-corrected chi connectivity index (χ0v) is 13.6. The summed E-state index contributed by atoms with van der Waals surface area (Å²) in [5, 5.41) is 0. The highest BCUT2D eigenvalue weighted by molar-refractivity contribution is 5.46. The van der Waals surface area contributed by atoms with Gasteiger partial charge in [-0.2, -0.15) is 0 Å². The highest BCUT2D eigenvalue weighted by Crippen LogP contribution is 2.31. The molecule has 4 heteroatoms. The fourth-order valence-corrected chi connectivity index (χ4v) is 2.86. The van der Waals surface area contributed by atoms with E-state index in [1.165, 1.54) is 12.8 Å². The summed E-state index contributed by atoms with van der Waals surface area (Å²) in [5.74, 6) is 1.93. The third-order valence-corrected chi connectivity index (χ3v) is 4.16. The number of hydrogen-bond donors (Lipinski definition) is 0. The molecule has 1 aliphatic rings. The molecule has 0 radical (unpaired) electrons. The van der Waals surface area contributed by atoms with Crippen LogP contribution in [0.25, 0.3) is 5.69 Å². The van der Waals surface area contributed by atoms with Crippen molar-refractivity contribution in [3.05, 3.63) is 46.6 Å². The number of hydrogen-bond acceptors (Lipinski definition) is 2. The molecule has 22 heavy (non-hydrogen) atoms. The number of ether oxygens (including phenoxy) is 1. The molecular formula is C18H24N2O2. The maximum Gasteiger partial charge on any atom is 0.333 e. The molecule has 1 aromatic carbocycles. The van der Waals surface area contributed by atoms with E-state index in [2.05, 4.69) is 13.8 Å². The normalized spacial score (nSPS) is 14.5. The van der Waals surface area contributed by atoms with Crippen LogP contribution in [-0.2, 0) is 13.0 Å². The minimum atomic E-state index is 0.0482. The van der Waals surface area contributed by atoms with Crippen molar-refractivity contribution < 1.29 is 4.74 Å². The number of nitrogens with zero attached hydrogens (tertiary/aromatic N) is 2. The lowest BCUT2D eigenvalue weighted by Gasteiger charge is -2.08. The van der Waals surface area contributed by atoms with Gasteiger partial charge in [-0.3, -0.25) is 9.13 Å². The predicted molar refractivity (Wildman–Crippen MR) is 87.8 cm³/mol. The zero-order chi connectivity index (χ0) is 15.7. The minimum Gasteiger partial charge on any atom is -0.495 e. The third kappa shape index (κ3) is 2.96. The minimum absolute atomic E-state index is 0.0482. The van der Waals surface area contributed by atoms with Crippen LogP contribution in [0.2, 0.25) is 0 Å². The van der Waals surface area contributed by atoms with Crippen LogP contribution in [0.15, 0.2) is 35.3 Å². The number of imidazole rings is 1. The van der Waals surface area contributed by atoms with Crippen molar-refractivity contribution in [2.75, 3.05) is 7.11 Å². The molecular weight excluding hydrogens is 276 g/mol. The van der Waals surface area contributed by atoms with Crippen LogP contribution < -0.4 is 10.4 Å². The first-order chi connectivity index (χ1) is 10.6. The van der Waals surface area contributed by atoms with Crippen molar-refractivity contribution >= 4 is 0 Å². The lowest BCUT2D eigenvalue weighted by atomic mass is 10.1. The third-order valence-electron chi connectivity index (χ3n) is 4.16. The van der Waals surface area contributed by atoms with Gasteiger partial charge in [0.25, 0.3) is 0 Å². The molecule has 0 amide bonds. The second-order valence-corrected chi connectivity index (χ2v) is 6.60. The van der Waals surface area contributed by atoms with Crippen molar-refractivity contribution in [2.24, 2.45) is 11.8 Å². The van der Waals surface area contributed by atoms with Crippen molar-refractivity contribution in [1.29, 1.82) is 0 Å². The van der Waals surface area contributed by atoms with E-state index in [1.54, 1.807) is 11.7 Å². The van der Waals surface area contributed by atoms with Gasteiger partial charge >= 0.3 is 5.69 Å². The lowest BCUT2D eigenvalue weighted by Crippen LogP contribution is -2.25. The highest BCUT2D eigenvalue weighted by atomic mass is 16.5. The van der Waals surface area contributed by atoms with E-state index in [1.807, 2.05) is 35.0 Å². The molecule has 0 unspecified atom stereocenters. The van der Waals surface area contributed by atoms with Gasteiger partial charge in [0, 0.05) is 18.4 Å². The number of rotatable bonds is 6. The number of benzene rings is 1. The Morgan fingerprint density at radius 3 is 2.64 bits per heavy atom. The Balaban J connectivity index is 2.07. The van der Waals surface area contributed by atoms with Crippen LogP contribution in [-0.4, -0.2) is 16.2 Å². The summed E-state index contributed by atoms with van der Waals surface area (Å²) in [4.78, 5) is 12.9. The standard InChI is InChI=1S/C18H24N2O2/c1-13(2)10-15-12-20(16-6-4-5-7-17(16)22-3)18(21)19(15)11-14-8-9-14/h4-7,12-14H,8-11H2,1-3H3. The van der Waals surface area contributed by atoms with Crippen molar-refractivity contribution in [3.8, 4) is 11.4 Å². The molecule has 1 saturated carbocycles. The molecule has 0 saturated heterocycles. The second kappa shape index (κ2) is 6.03. The molecule has 1 aromatic heterocycles. The summed E-state index contributed by atoms with van der Waals surface area (Å²) in [5.41, 5.74) is 1.99. The molecule has 0 atom stereocenters. The zero-order valence-electron chi connectivity index (χ0n) is 13.6. The first-order valence-corrected chi connectivity index (χ1v) is 8.04. The first-order valence-electron chi connectivity index (χ1n) is 8.04. The average Bonchev–Trinajstić information content (AvgIpc) is 3.27. The van der Waals surface area contributed by atoms with Crippen LogP contribution in [0.5, 0.6) is 5.75 Å². The van der Waals surface area contributed by atoms with Gasteiger partial charge < -0.3 is 4.74 Å². The summed E-state index contributed by atoms with van der Waals surface area (Å²) in [6.07, 6.45) is 5.40. The van der Waals surface area contributed by atoms with Gasteiger partial charge in [-0.15, -0.1) is 0 Å². The molecule has 0 N–H and O–H groups in total. The Morgan fingerprint density at radius 2 is 2.00 bits per heavy atom. The molecule has 0 aliphatic heterocycles. The van der Waals surface area contributed by atoms with E-state index in [0.29, 0.717) is 11.8 Å². The quantitative estimate of drug-likeness (QED) is 0.821. The Bertz CT molecular complexity index is 708. The van der Waals surface area contributed by atoms with E-state index in [4.69, 9.17) is 4.74 Å². The van der Waals surface area contributed by atoms with Gasteiger partial charge in [-0.1, -0.05) is 26.0 Å². The van der Waals surface area contributed by atoms with E-state index in [9.17, 15) is 4.79 Å². The number of methoxy groups -OCH3 is 1. The molecule has 118 valence electrons. The maximum atomic E-state index is 12.9. The monoisotopic (exact) mass is 300 g/mol. The molecule has 2 aromatic rings. The van der Waals surface area contributed by atoms with Gasteiger partial charge in [-0.25, -0.2) is 4.79 Å². The van der Waals surface area contributed by atoms with Crippen molar-refractivity contribution in [1.82, 2.24) is 9.13 Å². The summed E-state index contributed by atoms with van der Waals surface area (Å²) in [6, 6.07) is 7.68. The smallest absolute Gasteiger partial charge is 0.333 e. The fourth-order valence-electron chi connectivity index (χ4n) is 2.86. The van der Waals surface area contributed by atoms with Gasteiger partial charge in [0.15, 0.2) is 0 Å². The first kappa shape index (κ1) is 14.9. The summed E-state index contributed by atoms with van der Waals surface area (Å²) in [7, 11) is 1.64. The van der Waals surface area contributed by atoms with Crippen molar-refractivity contribution in [2.45, 2.75) is 39.7 Å². The van der Waals surface area contributed by atoms with Gasteiger partial charge in [0.1, 0.15) is 5.75 Å². The topological polar surface area (TPSA) is 36.2 Å². The Labute approximate surface area is 131 Å². The summed E-state index contributed by atoms with van der Waals surface area (Å²) >= 11 is 0. The Hall–Kier alpha value is -1.97. The van der Waals surface area contributed by atoms with E-state index >= 15 is 0 Å². The molecule has 0 spiro atoms. The SMILES string of the molecule is COc1ccccc1-n1cc(CC(C)C)n(CC2CC2)c1=O. The maximum absolute atomic E-state index is 12.9. The summed E-state index contributed by atoms with van der Waals surface area (Å²) < 4.78 is 9.11. The molecule has 1 fully saturated rings. The van der Waals surface area contributed by atoms with Gasteiger partial charge in [0.2, 0.25) is 0 Å². The van der Waals surface area contributed by atoms with Crippen LogP contribution in [0.1, 0.15) is 32.4 Å². The van der Waals surface area contributed by atoms with Crippen LogP contribution in [0.4, 0.5) is 0 Å². The molecule has 0 bridgehead atoms. The lowest BCUT2D eigenvalue weighted by molar-refractivity contribution is 0.412. The molecule has 1 heterocycles. The fraction of sp³-hybridized carbons (Fsp3) is 0.500. The van der Waals surface area contributed by atoms with E-state index in [-0.39, 0.29) is 5.69 Å². The number of para-hydroxylation sites is 2. The van der Waals surface area contributed by atoms with Crippen molar-refractivity contribution in [3.63, 3.8) is 0 Å². The predicted octanol–water partition coefficient (Wildman–Crippen LogP) is 3.26. The highest BCUT2D eigenvalue weighted by Gasteiger charge is 2.25.